The van der Waals surface area contributed by atoms with Gasteiger partial charge in [-0.15, -0.1) is 0 Å². The average molecular weight is 252 g/mol. The molecule has 0 aliphatic carbocycles. The van der Waals surface area contributed by atoms with Crippen molar-refractivity contribution in [1.82, 2.24) is 4.98 Å². The van der Waals surface area contributed by atoms with E-state index in [1.165, 1.54) is 7.11 Å². The van der Waals surface area contributed by atoms with Gasteiger partial charge in [-0.05, 0) is 6.07 Å². The van der Waals surface area contributed by atoms with E-state index in [9.17, 15) is 13.6 Å². The second kappa shape index (κ2) is 4.56. The molecule has 6 heteroatoms. The van der Waals surface area contributed by atoms with Crippen LogP contribution in [0.5, 0.6) is 5.88 Å². The van der Waals surface area contributed by atoms with Crippen molar-refractivity contribution in [2.24, 2.45) is 0 Å². The molecule has 2 aromatic rings. The predicted octanol–water partition coefficient (Wildman–Crippen LogP) is 2.27. The molecular weight excluding hydrogens is 242 g/mol. The van der Waals surface area contributed by atoms with Crippen LogP contribution in [0.3, 0.4) is 0 Å². The van der Waals surface area contributed by atoms with E-state index in [-0.39, 0.29) is 17.1 Å². The molecule has 1 heterocycles. The van der Waals surface area contributed by atoms with Crippen LogP contribution in [0, 0.1) is 0 Å². The monoisotopic (exact) mass is 252 g/mol. The fourth-order valence-electron chi connectivity index (χ4n) is 1.71. The number of pyridine rings is 1. The van der Waals surface area contributed by atoms with Crippen molar-refractivity contribution in [3.05, 3.63) is 29.8 Å². The number of carbonyl (C=O) groups excluding carboxylic acids is 1. The minimum atomic E-state index is -3.15. The van der Waals surface area contributed by atoms with Gasteiger partial charge >= 0.3 is 6.43 Å². The van der Waals surface area contributed by atoms with Gasteiger partial charge in [-0.2, -0.15) is 0 Å². The van der Waals surface area contributed by atoms with Crippen LogP contribution in [0.1, 0.15) is 10.4 Å². The molecule has 0 spiro atoms. The molecule has 0 radical (unpaired) electrons. The summed E-state index contributed by atoms with van der Waals surface area (Å²) in [5.74, 6) is -1.57. The van der Waals surface area contributed by atoms with Crippen molar-refractivity contribution in [2.75, 3.05) is 12.8 Å². The lowest BCUT2D eigenvalue weighted by Crippen LogP contribution is -2.15. The van der Waals surface area contributed by atoms with Gasteiger partial charge in [0.25, 0.3) is 0 Å². The minimum absolute atomic E-state index is 0.0391. The van der Waals surface area contributed by atoms with Gasteiger partial charge in [0, 0.05) is 5.39 Å². The van der Waals surface area contributed by atoms with Crippen molar-refractivity contribution in [1.29, 1.82) is 0 Å². The highest BCUT2D eigenvalue weighted by atomic mass is 19.3. The van der Waals surface area contributed by atoms with Gasteiger partial charge in [-0.1, -0.05) is 18.2 Å². The molecule has 0 unspecified atom stereocenters. The lowest BCUT2D eigenvalue weighted by Gasteiger charge is -2.11. The Balaban J connectivity index is 2.78. The van der Waals surface area contributed by atoms with Crippen LogP contribution < -0.4 is 10.5 Å². The van der Waals surface area contributed by atoms with Crippen LogP contribution in [0.15, 0.2) is 24.3 Å². The van der Waals surface area contributed by atoms with Crippen molar-refractivity contribution < 1.29 is 18.3 Å². The number of fused-ring (bicyclic) bond motifs is 1. The summed E-state index contributed by atoms with van der Waals surface area (Å²) in [5.41, 5.74) is 5.84. The van der Waals surface area contributed by atoms with Crippen LogP contribution in [0.2, 0.25) is 0 Å². The molecule has 0 fully saturated rings. The predicted molar refractivity (Wildman–Crippen MR) is 63.0 cm³/mol. The maximum absolute atomic E-state index is 12.5. The number of nitrogens with zero attached hydrogens (tertiary/aromatic N) is 1. The summed E-state index contributed by atoms with van der Waals surface area (Å²) in [5, 5.41) is 0.447. The number of aromatic nitrogens is 1. The molecule has 0 bridgehead atoms. The summed E-state index contributed by atoms with van der Waals surface area (Å²) in [6.45, 7) is 0. The zero-order valence-corrected chi connectivity index (χ0v) is 9.48. The summed E-state index contributed by atoms with van der Waals surface area (Å²) in [7, 11) is 1.25. The Morgan fingerprint density at radius 2 is 2.06 bits per heavy atom. The molecule has 2 rings (SSSR count). The van der Waals surface area contributed by atoms with Gasteiger partial charge in [0.2, 0.25) is 11.7 Å². The lowest BCUT2D eigenvalue weighted by atomic mass is 10.1. The largest absolute Gasteiger partial charge is 0.480 e. The molecule has 4 nitrogen and oxygen atoms in total. The van der Waals surface area contributed by atoms with Crippen LogP contribution in [0.25, 0.3) is 10.9 Å². The highest BCUT2D eigenvalue weighted by molar-refractivity contribution is 6.10. The van der Waals surface area contributed by atoms with Gasteiger partial charge in [-0.3, -0.25) is 4.79 Å². The topological polar surface area (TPSA) is 65.2 Å². The number of carbonyl (C=O) groups is 1. The van der Waals surface area contributed by atoms with E-state index in [4.69, 9.17) is 10.5 Å². The lowest BCUT2D eigenvalue weighted by molar-refractivity contribution is 0.0676. The summed E-state index contributed by atoms with van der Waals surface area (Å²) in [4.78, 5) is 15.4. The average Bonchev–Trinajstić information content (AvgIpc) is 2.37. The summed E-state index contributed by atoms with van der Waals surface area (Å²) in [6, 6.07) is 6.68. The number of hydrogen-bond donors (Lipinski definition) is 1. The Morgan fingerprint density at radius 3 is 2.67 bits per heavy atom. The highest BCUT2D eigenvalue weighted by Gasteiger charge is 2.26. The number of halogens is 2. The molecule has 0 aliphatic rings. The SMILES string of the molecule is COc1nc2ccccc2c(N)c1C(=O)C(F)F. The molecule has 2 N–H and O–H groups in total. The normalized spacial score (nSPS) is 10.9. The molecule has 1 aromatic carbocycles. The maximum atomic E-state index is 12.5. The first-order valence-electron chi connectivity index (χ1n) is 5.10. The molecule has 0 atom stereocenters. The van der Waals surface area contributed by atoms with Gasteiger partial charge in [-0.25, -0.2) is 13.8 Å². The second-order valence-corrected chi connectivity index (χ2v) is 3.59. The standard InChI is InChI=1S/C12H10F2N2O2/c1-18-12-8(10(17)11(13)14)9(15)6-4-2-3-5-7(6)16-12/h2-5,11H,1H3,(H2,15,16). The van der Waals surface area contributed by atoms with E-state index < -0.39 is 12.2 Å². The fraction of sp³-hybridized carbons (Fsp3) is 0.167. The van der Waals surface area contributed by atoms with Gasteiger partial charge in [0.1, 0.15) is 5.56 Å². The zero-order valence-electron chi connectivity index (χ0n) is 9.48. The second-order valence-electron chi connectivity index (χ2n) is 3.59. The van der Waals surface area contributed by atoms with E-state index >= 15 is 0 Å². The van der Waals surface area contributed by atoms with Crippen LogP contribution in [-0.2, 0) is 0 Å². The third-order valence-electron chi connectivity index (χ3n) is 2.54. The summed E-state index contributed by atoms with van der Waals surface area (Å²) in [6.07, 6.45) is -3.15. The first kappa shape index (κ1) is 12.2. The van der Waals surface area contributed by atoms with E-state index in [2.05, 4.69) is 4.98 Å². The van der Waals surface area contributed by atoms with Crippen LogP contribution in [0.4, 0.5) is 14.5 Å². The molecule has 0 saturated heterocycles. The van der Waals surface area contributed by atoms with Gasteiger partial charge < -0.3 is 10.5 Å². The number of ketones is 1. The Labute approximate surface area is 101 Å². The number of Topliss-reactive ketones (excluding diaryl/α,β-unsaturated/α-hetero) is 1. The van der Waals surface area contributed by atoms with E-state index in [0.29, 0.717) is 10.9 Å². The molecule has 94 valence electrons. The van der Waals surface area contributed by atoms with Crippen molar-refractivity contribution in [3.63, 3.8) is 0 Å². The van der Waals surface area contributed by atoms with Crippen LogP contribution >= 0.6 is 0 Å². The number of hydrogen-bond acceptors (Lipinski definition) is 4. The number of methoxy groups -OCH3 is 1. The smallest absolute Gasteiger partial charge is 0.300 e. The van der Waals surface area contributed by atoms with Gasteiger partial charge in [0.15, 0.2) is 0 Å². The van der Waals surface area contributed by atoms with Crippen molar-refractivity contribution >= 4 is 22.4 Å². The van der Waals surface area contributed by atoms with Crippen molar-refractivity contribution in [2.45, 2.75) is 6.43 Å². The van der Waals surface area contributed by atoms with E-state index in [1.54, 1.807) is 24.3 Å². The number of ether oxygens (including phenoxy) is 1. The highest BCUT2D eigenvalue weighted by Crippen LogP contribution is 2.31. The third kappa shape index (κ3) is 1.85. The minimum Gasteiger partial charge on any atom is -0.480 e. The Kier molecular flexibility index (Phi) is 3.10. The van der Waals surface area contributed by atoms with E-state index in [0.717, 1.165) is 0 Å². The quantitative estimate of drug-likeness (QED) is 0.851. The summed E-state index contributed by atoms with van der Waals surface area (Å²) >= 11 is 0. The Hall–Kier alpha value is -2.24. The number of benzene rings is 1. The maximum Gasteiger partial charge on any atom is 0.300 e. The Bertz CT molecular complexity index is 614. The summed E-state index contributed by atoms with van der Waals surface area (Å²) < 4.78 is 29.9. The molecule has 18 heavy (non-hydrogen) atoms. The van der Waals surface area contributed by atoms with Crippen LogP contribution in [-0.4, -0.2) is 24.3 Å². The van der Waals surface area contributed by atoms with E-state index in [1.807, 2.05) is 0 Å². The molecule has 0 aliphatic heterocycles. The number of alkyl halides is 2. The number of nitrogen functional groups attached to an aromatic ring is 1. The number of anilines is 1. The molecule has 0 saturated carbocycles. The first-order chi connectivity index (χ1) is 8.56. The molecule has 0 amide bonds. The number of rotatable bonds is 3. The molecular formula is C12H10F2N2O2. The number of nitrogens with two attached hydrogens (primary N) is 1. The zero-order chi connectivity index (χ0) is 13.3. The van der Waals surface area contributed by atoms with Crippen molar-refractivity contribution in [3.8, 4) is 5.88 Å². The number of para-hydroxylation sites is 1. The van der Waals surface area contributed by atoms with Gasteiger partial charge in [0.05, 0.1) is 18.3 Å². The first-order valence-corrected chi connectivity index (χ1v) is 5.10. The fourth-order valence-corrected chi connectivity index (χ4v) is 1.71. The Morgan fingerprint density at radius 1 is 1.39 bits per heavy atom. The third-order valence-corrected chi connectivity index (χ3v) is 2.54. The molecule has 1 aromatic heterocycles.